The number of aliphatic hydroxyl groups is 1. The van der Waals surface area contributed by atoms with Crippen LogP contribution in [0.15, 0.2) is 0 Å². The lowest BCUT2D eigenvalue weighted by Gasteiger charge is -2.26. The van der Waals surface area contributed by atoms with Gasteiger partial charge in [-0.15, -0.1) is 0 Å². The Hall–Kier alpha value is -2.77. The zero-order chi connectivity index (χ0) is 25.6. The molecule has 0 saturated heterocycles. The highest BCUT2D eigenvalue weighted by Crippen LogP contribution is 2.10. The van der Waals surface area contributed by atoms with E-state index in [1.165, 1.54) is 0 Å². The van der Waals surface area contributed by atoms with Gasteiger partial charge in [-0.2, -0.15) is 0 Å². The van der Waals surface area contributed by atoms with Crippen molar-refractivity contribution in [3.63, 3.8) is 0 Å². The van der Waals surface area contributed by atoms with E-state index in [2.05, 4.69) is 16.0 Å². The quantitative estimate of drug-likeness (QED) is 0.106. The third-order valence-corrected chi connectivity index (χ3v) is 5.17. The van der Waals surface area contributed by atoms with Crippen molar-refractivity contribution in [1.82, 2.24) is 16.0 Å². The number of nitrogens with two attached hydrogens (primary N) is 2. The van der Waals surface area contributed by atoms with Gasteiger partial charge < -0.3 is 42.7 Å². The van der Waals surface area contributed by atoms with Crippen molar-refractivity contribution < 1.29 is 39.3 Å². The highest BCUT2D eigenvalue weighted by molar-refractivity contribution is 5.94. The second-order valence-electron chi connectivity index (χ2n) is 7.84. The molecule has 0 spiro atoms. The predicted molar refractivity (Wildman–Crippen MR) is 118 cm³/mol. The number of hydrogen-bond donors (Lipinski definition) is 8. The number of carboxylic acids is 2. The fourth-order valence-electron chi connectivity index (χ4n) is 2.87. The molecular weight excluding hydrogens is 438 g/mol. The molecule has 0 rings (SSSR count). The Morgan fingerprint density at radius 1 is 0.879 bits per heavy atom. The number of amides is 3. The van der Waals surface area contributed by atoms with Crippen LogP contribution >= 0.6 is 0 Å². The summed E-state index contributed by atoms with van der Waals surface area (Å²) in [5.74, 6) is -5.20. The zero-order valence-electron chi connectivity index (χ0n) is 19.1. The van der Waals surface area contributed by atoms with Gasteiger partial charge in [0.15, 0.2) is 0 Å². The summed E-state index contributed by atoms with van der Waals surface area (Å²) in [6.45, 7) is 3.11. The van der Waals surface area contributed by atoms with Crippen molar-refractivity contribution in [3.8, 4) is 0 Å². The van der Waals surface area contributed by atoms with Crippen LogP contribution < -0.4 is 27.4 Å². The fraction of sp³-hybridized carbons (Fsp3) is 0.750. The molecule has 190 valence electrons. The molecule has 13 nitrogen and oxygen atoms in total. The maximum absolute atomic E-state index is 12.8. The Balaban J connectivity index is 5.56. The summed E-state index contributed by atoms with van der Waals surface area (Å²) in [6, 6.07) is -4.95. The molecule has 0 radical (unpaired) electrons. The van der Waals surface area contributed by atoms with Gasteiger partial charge in [0.05, 0.1) is 6.61 Å². The number of unbranched alkanes of at least 4 members (excludes halogenated alkanes) is 1. The van der Waals surface area contributed by atoms with Crippen molar-refractivity contribution >= 4 is 29.7 Å². The molecule has 0 aromatic carbocycles. The van der Waals surface area contributed by atoms with Gasteiger partial charge in [-0.3, -0.25) is 19.2 Å². The van der Waals surface area contributed by atoms with Gasteiger partial charge in [0, 0.05) is 6.42 Å². The summed E-state index contributed by atoms with van der Waals surface area (Å²) in [4.78, 5) is 60.1. The molecule has 10 N–H and O–H groups in total. The van der Waals surface area contributed by atoms with Crippen LogP contribution in [0.25, 0.3) is 0 Å². The van der Waals surface area contributed by atoms with Gasteiger partial charge in [0.25, 0.3) is 0 Å². The van der Waals surface area contributed by atoms with Crippen LogP contribution in [0.2, 0.25) is 0 Å². The summed E-state index contributed by atoms with van der Waals surface area (Å²) < 4.78 is 0. The number of rotatable bonds is 17. The summed E-state index contributed by atoms with van der Waals surface area (Å²) in [5, 5.41) is 34.6. The predicted octanol–water partition coefficient (Wildman–Crippen LogP) is -2.12. The second kappa shape index (κ2) is 15.9. The Morgan fingerprint density at radius 2 is 1.42 bits per heavy atom. The number of hydrogen-bond acceptors (Lipinski definition) is 8. The molecule has 0 aliphatic heterocycles. The van der Waals surface area contributed by atoms with Crippen LogP contribution in [-0.2, 0) is 24.0 Å². The number of nitrogens with one attached hydrogen (secondary N) is 3. The molecular formula is C20H37N5O8. The van der Waals surface area contributed by atoms with Crippen LogP contribution in [-0.4, -0.2) is 82.3 Å². The minimum Gasteiger partial charge on any atom is -0.481 e. The van der Waals surface area contributed by atoms with Gasteiger partial charge in [-0.05, 0) is 38.1 Å². The fourth-order valence-corrected chi connectivity index (χ4v) is 2.87. The monoisotopic (exact) mass is 475 g/mol. The van der Waals surface area contributed by atoms with E-state index >= 15 is 0 Å². The first-order valence-electron chi connectivity index (χ1n) is 10.9. The largest absolute Gasteiger partial charge is 0.481 e. The SMILES string of the molecule is CCC(C)C(NC(=O)C(CCCCN)NC(=O)C(CCC(=O)O)NC(=O)C(N)CO)C(=O)O. The maximum Gasteiger partial charge on any atom is 0.326 e. The van der Waals surface area contributed by atoms with E-state index in [9.17, 15) is 29.1 Å². The number of carbonyl (C=O) groups is 5. The number of aliphatic hydroxyl groups excluding tert-OH is 1. The molecule has 0 heterocycles. The molecule has 5 unspecified atom stereocenters. The molecule has 3 amide bonds. The molecule has 5 atom stereocenters. The van der Waals surface area contributed by atoms with Crippen LogP contribution in [0.1, 0.15) is 52.4 Å². The molecule has 0 saturated carbocycles. The minimum atomic E-state index is -1.33. The highest BCUT2D eigenvalue weighted by atomic mass is 16.4. The van der Waals surface area contributed by atoms with E-state index in [1.807, 2.05) is 0 Å². The number of carboxylic acid groups (broad SMARTS) is 2. The molecule has 0 aliphatic carbocycles. The van der Waals surface area contributed by atoms with Crippen molar-refractivity contribution in [2.45, 2.75) is 76.5 Å². The van der Waals surface area contributed by atoms with E-state index in [0.29, 0.717) is 25.8 Å². The van der Waals surface area contributed by atoms with E-state index in [4.69, 9.17) is 21.7 Å². The van der Waals surface area contributed by atoms with Gasteiger partial charge in [0.2, 0.25) is 17.7 Å². The molecule has 33 heavy (non-hydrogen) atoms. The average molecular weight is 476 g/mol. The Kier molecular flexibility index (Phi) is 14.6. The van der Waals surface area contributed by atoms with Crippen LogP contribution in [0.4, 0.5) is 0 Å². The van der Waals surface area contributed by atoms with E-state index in [0.717, 1.165) is 0 Å². The summed E-state index contributed by atoms with van der Waals surface area (Å²) >= 11 is 0. The first-order valence-corrected chi connectivity index (χ1v) is 10.9. The van der Waals surface area contributed by atoms with Crippen molar-refractivity contribution in [3.05, 3.63) is 0 Å². The third-order valence-electron chi connectivity index (χ3n) is 5.17. The van der Waals surface area contributed by atoms with Crippen LogP contribution in [0, 0.1) is 5.92 Å². The lowest BCUT2D eigenvalue weighted by Crippen LogP contribution is -2.58. The number of carbonyl (C=O) groups excluding carboxylic acids is 3. The minimum absolute atomic E-state index is 0.150. The molecule has 0 aromatic heterocycles. The third kappa shape index (κ3) is 11.6. The lowest BCUT2D eigenvalue weighted by molar-refractivity contribution is -0.144. The highest BCUT2D eigenvalue weighted by Gasteiger charge is 2.31. The smallest absolute Gasteiger partial charge is 0.326 e. The van der Waals surface area contributed by atoms with E-state index in [-0.39, 0.29) is 18.8 Å². The summed E-state index contributed by atoms with van der Waals surface area (Å²) in [7, 11) is 0. The van der Waals surface area contributed by atoms with Gasteiger partial charge in [-0.1, -0.05) is 20.3 Å². The Bertz CT molecular complexity index is 675. The van der Waals surface area contributed by atoms with E-state index < -0.39 is 66.9 Å². The molecule has 0 aromatic rings. The molecule has 0 bridgehead atoms. The molecule has 13 heteroatoms. The van der Waals surface area contributed by atoms with Gasteiger partial charge in [0.1, 0.15) is 24.2 Å². The van der Waals surface area contributed by atoms with Crippen LogP contribution in [0.5, 0.6) is 0 Å². The molecule has 0 fully saturated rings. The first-order chi connectivity index (χ1) is 15.5. The van der Waals surface area contributed by atoms with E-state index in [1.54, 1.807) is 13.8 Å². The van der Waals surface area contributed by atoms with Gasteiger partial charge >= 0.3 is 11.9 Å². The zero-order valence-corrected chi connectivity index (χ0v) is 19.1. The normalized spacial score (nSPS) is 15.4. The van der Waals surface area contributed by atoms with Crippen LogP contribution in [0.3, 0.4) is 0 Å². The Morgan fingerprint density at radius 3 is 1.91 bits per heavy atom. The lowest BCUT2D eigenvalue weighted by atomic mass is 9.98. The van der Waals surface area contributed by atoms with Crippen molar-refractivity contribution in [1.29, 1.82) is 0 Å². The number of aliphatic carboxylic acids is 2. The topological polar surface area (TPSA) is 234 Å². The Labute approximate surface area is 192 Å². The first kappa shape index (κ1) is 30.2. The van der Waals surface area contributed by atoms with Gasteiger partial charge in [-0.25, -0.2) is 4.79 Å². The second-order valence-corrected chi connectivity index (χ2v) is 7.84. The summed E-state index contributed by atoms with van der Waals surface area (Å²) in [5.41, 5.74) is 10.9. The molecule has 0 aliphatic rings. The maximum atomic E-state index is 12.8. The average Bonchev–Trinajstić information content (AvgIpc) is 2.77. The standard InChI is InChI=1S/C20H37N5O8/c1-3-11(2)16(20(32)33)25-19(31)13(6-4-5-9-21)24-18(30)14(7-8-15(27)28)23-17(29)12(22)10-26/h11-14,16,26H,3-10,21-22H2,1-2H3,(H,23,29)(H,24,30)(H,25,31)(H,27,28)(H,32,33). The van der Waals surface area contributed by atoms with Crippen molar-refractivity contribution in [2.75, 3.05) is 13.2 Å². The van der Waals surface area contributed by atoms with Crippen molar-refractivity contribution in [2.24, 2.45) is 17.4 Å². The summed E-state index contributed by atoms with van der Waals surface area (Å²) in [6.07, 6.45) is 0.918.